The summed E-state index contributed by atoms with van der Waals surface area (Å²) in [5.74, 6) is -0.0106. The summed E-state index contributed by atoms with van der Waals surface area (Å²) in [5, 5.41) is 0. The monoisotopic (exact) mass is 765 g/mol. The zero-order valence-corrected chi connectivity index (χ0v) is 36.7. The quantitative estimate of drug-likeness (QED) is 0.0349. The maximum absolute atomic E-state index is 12.7. The van der Waals surface area contributed by atoms with Crippen LogP contribution in [0, 0.1) is 5.92 Å². The van der Waals surface area contributed by atoms with E-state index in [0.29, 0.717) is 19.3 Å². The Hall–Kier alpha value is -1.59. The molecule has 0 aliphatic carbocycles. The average Bonchev–Trinajstić information content (AvgIpc) is 3.17. The van der Waals surface area contributed by atoms with Gasteiger partial charge >= 0.3 is 17.9 Å². The SMILES string of the molecule is CCCCCCCCCCCCCCCCCCCC(=O)O[C@H](COC(=O)CCCCCCCCC)COC(=O)CCCCCCCCCCC(C)CC. The van der Waals surface area contributed by atoms with Crippen LogP contribution < -0.4 is 0 Å². The van der Waals surface area contributed by atoms with Crippen molar-refractivity contribution in [2.24, 2.45) is 5.92 Å². The molecule has 0 amide bonds. The number of esters is 3. The number of hydrogen-bond acceptors (Lipinski definition) is 6. The molecule has 0 heterocycles. The largest absolute Gasteiger partial charge is 0.462 e. The number of ether oxygens (including phenoxy) is 3. The van der Waals surface area contributed by atoms with Crippen molar-refractivity contribution in [1.82, 2.24) is 0 Å². The Morgan fingerprint density at radius 2 is 0.648 bits per heavy atom. The molecule has 1 unspecified atom stereocenters. The summed E-state index contributed by atoms with van der Waals surface area (Å²) in [7, 11) is 0. The molecule has 0 aromatic heterocycles. The summed E-state index contributed by atoms with van der Waals surface area (Å²) in [5.41, 5.74) is 0. The predicted molar refractivity (Wildman–Crippen MR) is 229 cm³/mol. The van der Waals surface area contributed by atoms with Crippen molar-refractivity contribution in [3.8, 4) is 0 Å². The lowest BCUT2D eigenvalue weighted by Crippen LogP contribution is -2.30. The predicted octanol–water partition coefficient (Wildman–Crippen LogP) is 15.1. The fourth-order valence-corrected chi connectivity index (χ4v) is 7.12. The van der Waals surface area contributed by atoms with Gasteiger partial charge in [0, 0.05) is 19.3 Å². The second kappa shape index (κ2) is 42.6. The van der Waals surface area contributed by atoms with E-state index >= 15 is 0 Å². The van der Waals surface area contributed by atoms with Crippen molar-refractivity contribution in [2.75, 3.05) is 13.2 Å². The fourth-order valence-electron chi connectivity index (χ4n) is 7.12. The summed E-state index contributed by atoms with van der Waals surface area (Å²) < 4.78 is 16.7. The van der Waals surface area contributed by atoms with E-state index in [1.807, 2.05) is 0 Å². The van der Waals surface area contributed by atoms with Gasteiger partial charge in [0.15, 0.2) is 6.10 Å². The lowest BCUT2D eigenvalue weighted by atomic mass is 9.99. The lowest BCUT2D eigenvalue weighted by Gasteiger charge is -2.18. The van der Waals surface area contributed by atoms with E-state index in [1.54, 1.807) is 0 Å². The van der Waals surface area contributed by atoms with Gasteiger partial charge in [0.1, 0.15) is 13.2 Å². The highest BCUT2D eigenvalue weighted by Gasteiger charge is 2.19. The first-order valence-corrected chi connectivity index (χ1v) is 23.9. The molecule has 0 aromatic carbocycles. The minimum Gasteiger partial charge on any atom is -0.462 e. The van der Waals surface area contributed by atoms with E-state index in [4.69, 9.17) is 14.2 Å². The highest BCUT2D eigenvalue weighted by molar-refractivity contribution is 5.71. The first kappa shape index (κ1) is 52.4. The van der Waals surface area contributed by atoms with E-state index in [9.17, 15) is 14.4 Å². The van der Waals surface area contributed by atoms with Gasteiger partial charge in [-0.05, 0) is 25.2 Å². The van der Waals surface area contributed by atoms with Crippen LogP contribution in [0.25, 0.3) is 0 Å². The minimum absolute atomic E-state index is 0.0645. The van der Waals surface area contributed by atoms with Crippen LogP contribution in [0.5, 0.6) is 0 Å². The van der Waals surface area contributed by atoms with Gasteiger partial charge in [-0.1, -0.05) is 227 Å². The molecule has 0 aliphatic rings. The van der Waals surface area contributed by atoms with Gasteiger partial charge in [0.05, 0.1) is 0 Å². The van der Waals surface area contributed by atoms with Crippen molar-refractivity contribution in [3.05, 3.63) is 0 Å². The average molecular weight is 765 g/mol. The molecule has 0 saturated carbocycles. The molecule has 0 N–H and O–H groups in total. The zero-order chi connectivity index (χ0) is 39.6. The van der Waals surface area contributed by atoms with Crippen LogP contribution in [0.2, 0.25) is 0 Å². The van der Waals surface area contributed by atoms with Gasteiger partial charge < -0.3 is 14.2 Å². The molecule has 0 aliphatic heterocycles. The van der Waals surface area contributed by atoms with Gasteiger partial charge in [-0.25, -0.2) is 0 Å². The molecule has 0 spiro atoms. The molecule has 0 bridgehead atoms. The third kappa shape index (κ3) is 40.1. The Morgan fingerprint density at radius 3 is 0.963 bits per heavy atom. The van der Waals surface area contributed by atoms with Crippen LogP contribution in [0.3, 0.4) is 0 Å². The van der Waals surface area contributed by atoms with Crippen molar-refractivity contribution in [3.63, 3.8) is 0 Å². The zero-order valence-electron chi connectivity index (χ0n) is 36.7. The number of hydrogen-bond donors (Lipinski definition) is 0. The highest BCUT2D eigenvalue weighted by Crippen LogP contribution is 2.17. The van der Waals surface area contributed by atoms with E-state index in [1.165, 1.54) is 161 Å². The van der Waals surface area contributed by atoms with Crippen LogP contribution in [0.4, 0.5) is 0 Å². The summed E-state index contributed by atoms with van der Waals surface area (Å²) >= 11 is 0. The van der Waals surface area contributed by atoms with Gasteiger partial charge in [0.25, 0.3) is 0 Å². The lowest BCUT2D eigenvalue weighted by molar-refractivity contribution is -0.167. The van der Waals surface area contributed by atoms with Gasteiger partial charge in [-0.15, -0.1) is 0 Å². The summed E-state index contributed by atoms with van der Waals surface area (Å²) in [6.07, 6.45) is 42.4. The van der Waals surface area contributed by atoms with Crippen LogP contribution >= 0.6 is 0 Å². The smallest absolute Gasteiger partial charge is 0.306 e. The molecule has 0 radical (unpaired) electrons. The van der Waals surface area contributed by atoms with Crippen LogP contribution in [-0.4, -0.2) is 37.2 Å². The van der Waals surface area contributed by atoms with Crippen molar-refractivity contribution in [1.29, 1.82) is 0 Å². The van der Waals surface area contributed by atoms with Crippen molar-refractivity contribution >= 4 is 17.9 Å². The summed E-state index contributed by atoms with van der Waals surface area (Å²) in [6, 6.07) is 0. The molecule has 2 atom stereocenters. The number of unbranched alkanes of at least 4 members (excludes halogenated alkanes) is 29. The maximum Gasteiger partial charge on any atom is 0.306 e. The second-order valence-electron chi connectivity index (χ2n) is 16.6. The Balaban J connectivity index is 4.23. The second-order valence-corrected chi connectivity index (χ2v) is 16.6. The first-order valence-electron chi connectivity index (χ1n) is 23.9. The highest BCUT2D eigenvalue weighted by atomic mass is 16.6. The Morgan fingerprint density at radius 1 is 0.370 bits per heavy atom. The van der Waals surface area contributed by atoms with Crippen LogP contribution in [-0.2, 0) is 28.6 Å². The minimum atomic E-state index is -0.759. The standard InChI is InChI=1S/C48H92O6/c1-5-8-10-12-14-15-16-17-18-19-20-21-22-23-29-33-37-41-48(51)54-45(42-52-46(49)39-35-31-26-13-11-9-6-2)43-53-47(50)40-36-32-28-25-24-27-30-34-38-44(4)7-3/h44-45H,5-43H2,1-4H3/t44?,45-/m1/s1. The fraction of sp³-hybridized carbons (Fsp3) is 0.938. The molecular weight excluding hydrogens is 673 g/mol. The number of rotatable bonds is 43. The maximum atomic E-state index is 12.7. The van der Waals surface area contributed by atoms with Crippen molar-refractivity contribution in [2.45, 2.75) is 271 Å². The summed E-state index contributed by atoms with van der Waals surface area (Å²) in [4.78, 5) is 37.6. The Bertz CT molecular complexity index is 813. The molecule has 6 heteroatoms. The molecular formula is C48H92O6. The third-order valence-electron chi connectivity index (χ3n) is 11.2. The molecule has 54 heavy (non-hydrogen) atoms. The normalized spacial score (nSPS) is 12.4. The van der Waals surface area contributed by atoms with E-state index < -0.39 is 6.10 Å². The molecule has 0 saturated heterocycles. The van der Waals surface area contributed by atoms with E-state index in [2.05, 4.69) is 27.7 Å². The first-order chi connectivity index (χ1) is 26.4. The number of carbonyl (C=O) groups excluding carboxylic acids is 3. The molecule has 0 fully saturated rings. The van der Waals surface area contributed by atoms with E-state index in [-0.39, 0.29) is 31.1 Å². The molecule has 6 nitrogen and oxygen atoms in total. The Kier molecular flexibility index (Phi) is 41.3. The summed E-state index contributed by atoms with van der Waals surface area (Å²) in [6.45, 7) is 8.97. The molecule has 0 aromatic rings. The van der Waals surface area contributed by atoms with Gasteiger partial charge in [0.2, 0.25) is 0 Å². The number of carbonyl (C=O) groups is 3. The van der Waals surface area contributed by atoms with Gasteiger partial charge in [-0.3, -0.25) is 14.4 Å². The van der Waals surface area contributed by atoms with E-state index in [0.717, 1.165) is 63.7 Å². The van der Waals surface area contributed by atoms with Crippen LogP contribution in [0.1, 0.15) is 265 Å². The van der Waals surface area contributed by atoms with Gasteiger partial charge in [-0.2, -0.15) is 0 Å². The van der Waals surface area contributed by atoms with Crippen molar-refractivity contribution < 1.29 is 28.6 Å². The van der Waals surface area contributed by atoms with Crippen LogP contribution in [0.15, 0.2) is 0 Å². The molecule has 320 valence electrons. The Labute approximate surface area is 336 Å². The molecule has 0 rings (SSSR count). The topological polar surface area (TPSA) is 78.9 Å². The third-order valence-corrected chi connectivity index (χ3v) is 11.2.